The molecule has 0 heterocycles. The molecule has 0 bridgehead atoms. The van der Waals surface area contributed by atoms with Gasteiger partial charge in [-0.3, -0.25) is 0 Å². The third-order valence-electron chi connectivity index (χ3n) is 11.4. The van der Waals surface area contributed by atoms with Gasteiger partial charge in [0.05, 0.1) is 12.2 Å². The van der Waals surface area contributed by atoms with Crippen molar-refractivity contribution >= 4 is 21.5 Å². The van der Waals surface area contributed by atoms with E-state index in [1.807, 2.05) is 0 Å². The standard InChI is InChI=1S/C47H48O4/c1-47(2,37-23-25-43(50-45-17-9-7-15-41(45)48)39(29-37)35-21-19-31-11-3-5-13-33(31)27-35)38-24-26-44(51-46-18-10-8-16-42(46)49)40(30-38)36-22-20-32-12-4-6-14-34(32)28-36/h3-6,11-14,19-30,41-42,45-46,48-49H,7-10,15-18H2,1-2H3. The Kier molecular flexibility index (Phi) is 9.31. The van der Waals surface area contributed by atoms with Gasteiger partial charge < -0.3 is 19.7 Å². The molecule has 8 rings (SSSR count). The molecule has 6 aromatic rings. The van der Waals surface area contributed by atoms with Crippen LogP contribution in [0.15, 0.2) is 121 Å². The molecule has 2 fully saturated rings. The first kappa shape index (κ1) is 33.5. The van der Waals surface area contributed by atoms with Crippen LogP contribution >= 0.6 is 0 Å². The Labute approximate surface area is 301 Å². The molecule has 260 valence electrons. The molecular formula is C47H48O4. The maximum Gasteiger partial charge on any atom is 0.127 e. The van der Waals surface area contributed by atoms with E-state index in [0.717, 1.165) is 85.1 Å². The zero-order chi connectivity index (χ0) is 35.0. The molecular weight excluding hydrogens is 629 g/mol. The lowest BCUT2D eigenvalue weighted by Gasteiger charge is -2.32. The largest absolute Gasteiger partial charge is 0.487 e. The monoisotopic (exact) mass is 676 g/mol. The number of benzene rings is 6. The Morgan fingerprint density at radius 1 is 0.471 bits per heavy atom. The van der Waals surface area contributed by atoms with Crippen molar-refractivity contribution in [3.05, 3.63) is 132 Å². The second kappa shape index (κ2) is 14.2. The van der Waals surface area contributed by atoms with Gasteiger partial charge in [0.2, 0.25) is 0 Å². The van der Waals surface area contributed by atoms with Gasteiger partial charge in [-0.05, 0) is 119 Å². The Balaban J connectivity index is 1.22. The molecule has 2 aliphatic carbocycles. The van der Waals surface area contributed by atoms with Gasteiger partial charge >= 0.3 is 0 Å². The number of hydrogen-bond acceptors (Lipinski definition) is 4. The smallest absolute Gasteiger partial charge is 0.127 e. The molecule has 0 radical (unpaired) electrons. The van der Waals surface area contributed by atoms with E-state index in [1.54, 1.807) is 0 Å². The van der Waals surface area contributed by atoms with Gasteiger partial charge in [-0.25, -0.2) is 0 Å². The number of aliphatic hydroxyl groups is 2. The maximum atomic E-state index is 10.8. The van der Waals surface area contributed by atoms with Crippen LogP contribution in [0.25, 0.3) is 43.8 Å². The van der Waals surface area contributed by atoms with Crippen LogP contribution in [0, 0.1) is 0 Å². The lowest BCUT2D eigenvalue weighted by atomic mass is 9.76. The van der Waals surface area contributed by atoms with Crippen LogP contribution in [0.3, 0.4) is 0 Å². The zero-order valence-corrected chi connectivity index (χ0v) is 29.7. The van der Waals surface area contributed by atoms with Gasteiger partial charge in [0, 0.05) is 16.5 Å². The van der Waals surface area contributed by atoms with Crippen molar-refractivity contribution in [2.75, 3.05) is 0 Å². The zero-order valence-electron chi connectivity index (χ0n) is 29.7. The minimum Gasteiger partial charge on any atom is -0.487 e. The van der Waals surface area contributed by atoms with E-state index in [-0.39, 0.29) is 17.6 Å². The summed E-state index contributed by atoms with van der Waals surface area (Å²) < 4.78 is 13.3. The highest BCUT2D eigenvalue weighted by Gasteiger charge is 2.30. The van der Waals surface area contributed by atoms with Crippen molar-refractivity contribution in [3.63, 3.8) is 0 Å². The topological polar surface area (TPSA) is 58.9 Å². The third-order valence-corrected chi connectivity index (χ3v) is 11.4. The molecule has 0 spiro atoms. The molecule has 0 aliphatic heterocycles. The van der Waals surface area contributed by atoms with E-state index in [4.69, 9.17) is 9.47 Å². The summed E-state index contributed by atoms with van der Waals surface area (Å²) in [7, 11) is 0. The van der Waals surface area contributed by atoms with Crippen molar-refractivity contribution in [3.8, 4) is 33.8 Å². The van der Waals surface area contributed by atoms with Crippen LogP contribution < -0.4 is 9.47 Å². The summed E-state index contributed by atoms with van der Waals surface area (Å²) in [6, 6.07) is 43.3. The summed E-state index contributed by atoms with van der Waals surface area (Å²) in [4.78, 5) is 0. The fraction of sp³-hybridized carbons (Fsp3) is 0.319. The SMILES string of the molecule is CC(C)(c1ccc(OC2CCCCC2O)c(-c2ccc3ccccc3c2)c1)c1ccc(OC2CCCCC2O)c(-c2ccc3ccccc3c2)c1. The molecule has 0 aromatic heterocycles. The lowest BCUT2D eigenvalue weighted by molar-refractivity contribution is 0.00717. The van der Waals surface area contributed by atoms with E-state index >= 15 is 0 Å². The van der Waals surface area contributed by atoms with Gasteiger partial charge in [0.1, 0.15) is 23.7 Å². The fourth-order valence-corrected chi connectivity index (χ4v) is 8.13. The van der Waals surface area contributed by atoms with Gasteiger partial charge in [-0.15, -0.1) is 0 Å². The second-order valence-corrected chi connectivity index (χ2v) is 15.2. The second-order valence-electron chi connectivity index (χ2n) is 15.2. The first-order valence-corrected chi connectivity index (χ1v) is 18.8. The van der Waals surface area contributed by atoms with Crippen LogP contribution in [0.5, 0.6) is 11.5 Å². The predicted octanol–water partition coefficient (Wildman–Crippen LogP) is 11.0. The van der Waals surface area contributed by atoms with Crippen LogP contribution in [-0.4, -0.2) is 34.6 Å². The maximum absolute atomic E-state index is 10.8. The molecule has 2 saturated carbocycles. The highest BCUT2D eigenvalue weighted by molar-refractivity contribution is 5.89. The van der Waals surface area contributed by atoms with Crippen LogP contribution in [0.4, 0.5) is 0 Å². The summed E-state index contributed by atoms with van der Waals surface area (Å²) >= 11 is 0. The molecule has 4 atom stereocenters. The van der Waals surface area contributed by atoms with Gasteiger partial charge in [0.25, 0.3) is 0 Å². The Morgan fingerprint density at radius 3 is 1.31 bits per heavy atom. The number of fused-ring (bicyclic) bond motifs is 2. The minimum atomic E-state index is -0.455. The van der Waals surface area contributed by atoms with E-state index < -0.39 is 12.2 Å². The first-order valence-electron chi connectivity index (χ1n) is 18.8. The average molecular weight is 677 g/mol. The summed E-state index contributed by atoms with van der Waals surface area (Å²) in [6.45, 7) is 4.56. The fourth-order valence-electron chi connectivity index (χ4n) is 8.13. The summed E-state index contributed by atoms with van der Waals surface area (Å²) in [5, 5.41) is 26.4. The predicted molar refractivity (Wildman–Crippen MR) is 209 cm³/mol. The van der Waals surface area contributed by atoms with Crippen molar-refractivity contribution in [1.29, 1.82) is 0 Å². The number of aliphatic hydroxyl groups excluding tert-OH is 2. The Bertz CT molecular complexity index is 2010. The summed E-state index contributed by atoms with van der Waals surface area (Å²) in [5.41, 5.74) is 6.22. The highest BCUT2D eigenvalue weighted by atomic mass is 16.5. The molecule has 4 nitrogen and oxygen atoms in total. The Morgan fingerprint density at radius 2 is 0.882 bits per heavy atom. The molecule has 0 saturated heterocycles. The van der Waals surface area contributed by atoms with Crippen molar-refractivity contribution in [1.82, 2.24) is 0 Å². The van der Waals surface area contributed by atoms with Crippen molar-refractivity contribution in [2.45, 2.75) is 95.0 Å². The molecule has 4 heteroatoms. The molecule has 2 N–H and O–H groups in total. The van der Waals surface area contributed by atoms with Crippen LogP contribution in [0.2, 0.25) is 0 Å². The van der Waals surface area contributed by atoms with E-state index in [0.29, 0.717) is 0 Å². The van der Waals surface area contributed by atoms with Gasteiger partial charge in [0.15, 0.2) is 0 Å². The number of rotatable bonds is 8. The van der Waals surface area contributed by atoms with Crippen molar-refractivity contribution < 1.29 is 19.7 Å². The number of hydrogen-bond donors (Lipinski definition) is 2. The summed E-state index contributed by atoms with van der Waals surface area (Å²) in [5.74, 6) is 1.62. The molecule has 0 amide bonds. The Hall–Kier alpha value is -4.64. The third kappa shape index (κ3) is 6.88. The average Bonchev–Trinajstić information content (AvgIpc) is 3.16. The van der Waals surface area contributed by atoms with Gasteiger partial charge in [-0.2, -0.15) is 0 Å². The van der Waals surface area contributed by atoms with Crippen LogP contribution in [-0.2, 0) is 5.41 Å². The molecule has 4 unspecified atom stereocenters. The number of ether oxygens (including phenoxy) is 2. The minimum absolute atomic E-state index is 0.212. The van der Waals surface area contributed by atoms with Crippen LogP contribution in [0.1, 0.15) is 76.3 Å². The first-order chi connectivity index (χ1) is 24.8. The van der Waals surface area contributed by atoms with E-state index in [2.05, 4.69) is 135 Å². The van der Waals surface area contributed by atoms with Crippen molar-refractivity contribution in [2.24, 2.45) is 0 Å². The molecule has 51 heavy (non-hydrogen) atoms. The lowest BCUT2D eigenvalue weighted by Crippen LogP contribution is -2.34. The van der Waals surface area contributed by atoms with Gasteiger partial charge in [-0.1, -0.05) is 112 Å². The highest BCUT2D eigenvalue weighted by Crippen LogP contribution is 2.43. The molecule has 2 aliphatic rings. The normalized spacial score (nSPS) is 21.1. The summed E-state index contributed by atoms with van der Waals surface area (Å²) in [6.07, 6.45) is 6.15. The quantitative estimate of drug-likeness (QED) is 0.168. The van der Waals surface area contributed by atoms with E-state index in [1.165, 1.54) is 32.7 Å². The molecule has 6 aromatic carbocycles. The van der Waals surface area contributed by atoms with E-state index in [9.17, 15) is 10.2 Å².